The van der Waals surface area contributed by atoms with E-state index < -0.39 is 18.0 Å². The molecule has 23 heavy (non-hydrogen) atoms. The third kappa shape index (κ3) is 2.28. The minimum atomic E-state index is -3.06. The van der Waals surface area contributed by atoms with Gasteiger partial charge in [0.1, 0.15) is 12.1 Å². The van der Waals surface area contributed by atoms with Crippen LogP contribution in [0, 0.1) is 0 Å². The van der Waals surface area contributed by atoms with Gasteiger partial charge in [-0.1, -0.05) is 15.6 Å². The molecule has 0 spiro atoms. The molecule has 11 heteroatoms. The van der Waals surface area contributed by atoms with E-state index in [0.29, 0.717) is 0 Å². The van der Waals surface area contributed by atoms with Gasteiger partial charge >= 0.3 is 0 Å². The highest BCUT2D eigenvalue weighted by Gasteiger charge is 2.55. The molecule has 1 fully saturated rings. The molecular weight excluding hydrogens is 308 g/mol. The summed E-state index contributed by atoms with van der Waals surface area (Å²) in [5.74, 6) is -3.06. The second-order valence-corrected chi connectivity index (χ2v) is 5.48. The average Bonchev–Trinajstić information content (AvgIpc) is 3.29. The van der Waals surface area contributed by atoms with Crippen LogP contribution in [0.15, 0.2) is 37.2 Å². The lowest BCUT2D eigenvalue weighted by atomic mass is 9.83. The van der Waals surface area contributed by atoms with Gasteiger partial charge < -0.3 is 0 Å². The van der Waals surface area contributed by atoms with Gasteiger partial charge in [-0.25, -0.2) is 22.8 Å². The Kier molecular flexibility index (Phi) is 3.13. The summed E-state index contributed by atoms with van der Waals surface area (Å²) in [6, 6.07) is -2.55. The van der Waals surface area contributed by atoms with Crippen molar-refractivity contribution in [2.45, 2.75) is 36.9 Å². The molecule has 0 aliphatic heterocycles. The number of hydrogen-bond acceptors (Lipinski definition) is 6. The number of halogens is 2. The Morgan fingerprint density at radius 2 is 1.17 bits per heavy atom. The Morgan fingerprint density at radius 3 is 1.57 bits per heavy atom. The van der Waals surface area contributed by atoms with Gasteiger partial charge in [-0.15, -0.1) is 15.3 Å². The molecule has 1 aliphatic rings. The van der Waals surface area contributed by atoms with Crippen molar-refractivity contribution < 1.29 is 8.78 Å². The number of aromatic nitrogens is 9. The molecule has 1 aliphatic carbocycles. The van der Waals surface area contributed by atoms with E-state index in [4.69, 9.17) is 0 Å². The van der Waals surface area contributed by atoms with Crippen molar-refractivity contribution in [3.8, 4) is 0 Å². The lowest BCUT2D eigenvalue weighted by Gasteiger charge is -2.40. The zero-order valence-electron chi connectivity index (χ0n) is 11.9. The first kappa shape index (κ1) is 13.9. The van der Waals surface area contributed by atoms with Crippen molar-refractivity contribution in [1.29, 1.82) is 0 Å². The second kappa shape index (κ2) is 5.18. The zero-order valence-corrected chi connectivity index (χ0v) is 11.9. The second-order valence-electron chi connectivity index (χ2n) is 5.48. The Labute approximate surface area is 128 Å². The molecule has 2 unspecified atom stereocenters. The van der Waals surface area contributed by atoms with E-state index in [2.05, 4.69) is 30.9 Å². The Morgan fingerprint density at radius 1 is 0.739 bits per heavy atom. The molecule has 0 N–H and O–H groups in total. The van der Waals surface area contributed by atoms with Gasteiger partial charge in [0, 0.05) is 18.6 Å². The van der Waals surface area contributed by atoms with E-state index >= 15 is 8.78 Å². The molecule has 120 valence electrons. The Bertz CT molecular complexity index is 691. The zero-order chi connectivity index (χ0) is 15.9. The molecule has 9 nitrogen and oxygen atoms in total. The van der Waals surface area contributed by atoms with Crippen molar-refractivity contribution in [3.63, 3.8) is 0 Å². The molecule has 0 bridgehead atoms. The highest BCUT2D eigenvalue weighted by Crippen LogP contribution is 2.50. The van der Waals surface area contributed by atoms with Crippen LogP contribution in [0.3, 0.4) is 0 Å². The van der Waals surface area contributed by atoms with Crippen molar-refractivity contribution in [2.75, 3.05) is 0 Å². The summed E-state index contributed by atoms with van der Waals surface area (Å²) >= 11 is 0. The van der Waals surface area contributed by atoms with Crippen LogP contribution in [0.1, 0.15) is 31.0 Å². The van der Waals surface area contributed by atoms with Gasteiger partial charge in [0.25, 0.3) is 5.92 Å². The highest BCUT2D eigenvalue weighted by molar-refractivity contribution is 4.99. The summed E-state index contributed by atoms with van der Waals surface area (Å²) in [5, 5.41) is 22.5. The average molecular weight is 321 g/mol. The lowest BCUT2D eigenvalue weighted by molar-refractivity contribution is -0.135. The van der Waals surface area contributed by atoms with Crippen LogP contribution < -0.4 is 0 Å². The standard InChI is InChI=1S/C12H13F2N9/c13-12(14)10(22-5-2-16-19-22)7-9(21-4-1-15-18-21)8-11(12)23-6-3-17-20-23/h1-6,9-11H,7-8H2. The molecule has 3 aromatic rings. The quantitative estimate of drug-likeness (QED) is 0.712. The van der Waals surface area contributed by atoms with Gasteiger partial charge in [0.2, 0.25) is 0 Å². The fourth-order valence-electron chi connectivity index (χ4n) is 3.11. The van der Waals surface area contributed by atoms with E-state index in [-0.39, 0.29) is 18.9 Å². The van der Waals surface area contributed by atoms with E-state index in [1.165, 1.54) is 40.3 Å². The summed E-state index contributed by atoms with van der Waals surface area (Å²) in [7, 11) is 0. The predicted molar refractivity (Wildman–Crippen MR) is 71.4 cm³/mol. The third-order valence-electron chi connectivity index (χ3n) is 4.21. The van der Waals surface area contributed by atoms with Crippen molar-refractivity contribution >= 4 is 0 Å². The maximum atomic E-state index is 15.1. The maximum Gasteiger partial charge on any atom is 0.292 e. The van der Waals surface area contributed by atoms with Crippen LogP contribution in [-0.2, 0) is 0 Å². The van der Waals surface area contributed by atoms with Crippen LogP contribution in [0.4, 0.5) is 8.78 Å². The van der Waals surface area contributed by atoms with E-state index in [9.17, 15) is 0 Å². The minimum Gasteiger partial charge on any atom is -0.249 e. The topological polar surface area (TPSA) is 92.1 Å². The predicted octanol–water partition coefficient (Wildman–Crippen LogP) is 0.914. The van der Waals surface area contributed by atoms with E-state index in [1.54, 1.807) is 10.9 Å². The van der Waals surface area contributed by atoms with Crippen LogP contribution in [0.2, 0.25) is 0 Å². The normalized spacial score (nSPS) is 27.1. The van der Waals surface area contributed by atoms with Crippen molar-refractivity contribution in [3.05, 3.63) is 37.2 Å². The molecule has 4 rings (SSSR count). The van der Waals surface area contributed by atoms with Crippen molar-refractivity contribution in [2.24, 2.45) is 0 Å². The van der Waals surface area contributed by atoms with Crippen LogP contribution >= 0.6 is 0 Å². The fraction of sp³-hybridized carbons (Fsp3) is 0.500. The summed E-state index contributed by atoms with van der Waals surface area (Å²) in [6.07, 6.45) is 9.21. The smallest absolute Gasteiger partial charge is 0.249 e. The van der Waals surface area contributed by atoms with Gasteiger partial charge in [-0.05, 0) is 12.8 Å². The lowest BCUT2D eigenvalue weighted by Crippen LogP contribution is -2.46. The van der Waals surface area contributed by atoms with Gasteiger partial charge in [-0.3, -0.25) is 0 Å². The summed E-state index contributed by atoms with van der Waals surface area (Å²) in [6.45, 7) is 0. The molecule has 2 atom stereocenters. The summed E-state index contributed by atoms with van der Waals surface area (Å²) < 4.78 is 34.1. The number of hydrogen-bond donors (Lipinski definition) is 0. The molecule has 0 radical (unpaired) electrons. The molecule has 0 amide bonds. The van der Waals surface area contributed by atoms with Gasteiger partial charge in [0.05, 0.1) is 24.6 Å². The third-order valence-corrected chi connectivity index (χ3v) is 4.21. The number of rotatable bonds is 3. The Hall–Kier alpha value is -2.72. The molecule has 3 heterocycles. The van der Waals surface area contributed by atoms with E-state index in [1.807, 2.05) is 0 Å². The first-order valence-electron chi connectivity index (χ1n) is 7.11. The van der Waals surface area contributed by atoms with Gasteiger partial charge in [0.15, 0.2) is 0 Å². The van der Waals surface area contributed by atoms with E-state index in [0.717, 1.165) is 0 Å². The first-order chi connectivity index (χ1) is 11.2. The van der Waals surface area contributed by atoms with Gasteiger partial charge in [-0.2, -0.15) is 0 Å². The SMILES string of the molecule is FC1(F)C(n2ccnn2)CC(n2ccnn2)CC1n1ccnn1. The molecule has 3 aromatic heterocycles. The molecular formula is C12H13F2N9. The minimum absolute atomic E-state index is 0.172. The maximum absolute atomic E-state index is 15.1. The van der Waals surface area contributed by atoms with Crippen LogP contribution in [0.5, 0.6) is 0 Å². The van der Waals surface area contributed by atoms with Crippen LogP contribution in [0.25, 0.3) is 0 Å². The molecule has 0 saturated heterocycles. The fourth-order valence-corrected chi connectivity index (χ4v) is 3.11. The monoisotopic (exact) mass is 321 g/mol. The summed E-state index contributed by atoms with van der Waals surface area (Å²) in [5.41, 5.74) is 0. The Balaban J connectivity index is 1.75. The number of nitrogens with zero attached hydrogens (tertiary/aromatic N) is 9. The first-order valence-corrected chi connectivity index (χ1v) is 7.11. The van der Waals surface area contributed by atoms with Crippen LogP contribution in [-0.4, -0.2) is 50.9 Å². The molecule has 0 aromatic carbocycles. The number of alkyl halides is 2. The van der Waals surface area contributed by atoms with Crippen molar-refractivity contribution in [1.82, 2.24) is 45.0 Å². The highest BCUT2D eigenvalue weighted by atomic mass is 19.3. The summed E-state index contributed by atoms with van der Waals surface area (Å²) in [4.78, 5) is 0. The molecule has 1 saturated carbocycles. The largest absolute Gasteiger partial charge is 0.292 e.